The normalized spacial score (nSPS) is 25.7. The van der Waals surface area contributed by atoms with Gasteiger partial charge in [-0.2, -0.15) is 11.8 Å². The molecule has 1 atom stereocenters. The van der Waals surface area contributed by atoms with E-state index in [1.54, 1.807) is 0 Å². The first kappa shape index (κ1) is 11.0. The molecule has 0 aromatic heterocycles. The molecule has 0 aromatic rings. The maximum absolute atomic E-state index is 11.8. The quantitative estimate of drug-likeness (QED) is 0.688. The molecule has 2 aliphatic rings. The molecule has 2 aliphatic heterocycles. The Morgan fingerprint density at radius 1 is 1.53 bits per heavy atom. The first-order chi connectivity index (χ1) is 7.27. The molecule has 2 fully saturated rings. The van der Waals surface area contributed by atoms with Gasteiger partial charge in [-0.1, -0.05) is 0 Å². The molecular weight excluding hydrogens is 208 g/mol. The van der Waals surface area contributed by atoms with Gasteiger partial charge < -0.3 is 10.6 Å². The van der Waals surface area contributed by atoms with Gasteiger partial charge in [0.2, 0.25) is 5.91 Å². The number of carbonyl (C=O) groups is 1. The highest BCUT2D eigenvalue weighted by molar-refractivity contribution is 7.99. The van der Waals surface area contributed by atoms with Gasteiger partial charge in [0.1, 0.15) is 0 Å². The summed E-state index contributed by atoms with van der Waals surface area (Å²) in [4.78, 5) is 11.8. The molecule has 2 saturated heterocycles. The molecule has 0 aromatic carbocycles. The monoisotopic (exact) mass is 226 g/mol. The van der Waals surface area contributed by atoms with Crippen molar-refractivity contribution in [2.75, 3.05) is 24.6 Å². The number of hydrogen-bond donors (Lipinski definition) is 2. The third-order valence-electron chi connectivity index (χ3n) is 3.04. The van der Waals surface area contributed by atoms with E-state index in [1.807, 2.05) is 18.7 Å². The van der Waals surface area contributed by atoms with Crippen LogP contribution >= 0.6 is 11.8 Å². The van der Waals surface area contributed by atoms with Gasteiger partial charge in [-0.05, 0) is 31.1 Å². The van der Waals surface area contributed by atoms with E-state index in [1.165, 1.54) is 17.7 Å². The number of nitrogens with one attached hydrogen (secondary N) is 2. The molecule has 2 N–H and O–H groups in total. The van der Waals surface area contributed by atoms with Crippen LogP contribution < -0.4 is 10.6 Å². The second kappa shape index (κ2) is 5.03. The van der Waals surface area contributed by atoms with E-state index in [-0.39, 0.29) is 5.91 Å². The van der Waals surface area contributed by atoms with Crippen LogP contribution in [0.4, 0.5) is 0 Å². The second-order valence-electron chi connectivity index (χ2n) is 4.22. The second-order valence-corrected chi connectivity index (χ2v) is 5.37. The van der Waals surface area contributed by atoms with Gasteiger partial charge in [-0.3, -0.25) is 4.79 Å². The van der Waals surface area contributed by atoms with E-state index in [2.05, 4.69) is 10.6 Å². The van der Waals surface area contributed by atoms with E-state index in [9.17, 15) is 4.79 Å². The molecule has 3 nitrogen and oxygen atoms in total. The fourth-order valence-electron chi connectivity index (χ4n) is 1.82. The molecule has 4 heteroatoms. The summed E-state index contributed by atoms with van der Waals surface area (Å²) in [6, 6.07) is 0.389. The van der Waals surface area contributed by atoms with Gasteiger partial charge in [0.25, 0.3) is 0 Å². The summed E-state index contributed by atoms with van der Waals surface area (Å²) in [7, 11) is 0. The first-order valence-electron chi connectivity index (χ1n) is 5.55. The zero-order valence-corrected chi connectivity index (χ0v) is 9.95. The Balaban J connectivity index is 1.85. The van der Waals surface area contributed by atoms with Crippen molar-refractivity contribution in [3.63, 3.8) is 0 Å². The lowest BCUT2D eigenvalue weighted by atomic mass is 10.0. The predicted octanol–water partition coefficient (Wildman–Crippen LogP) is 0.918. The highest BCUT2D eigenvalue weighted by Crippen LogP contribution is 2.17. The predicted molar refractivity (Wildman–Crippen MR) is 64.1 cm³/mol. The smallest absolute Gasteiger partial charge is 0.247 e. The van der Waals surface area contributed by atoms with Crippen LogP contribution in [0.1, 0.15) is 19.8 Å². The van der Waals surface area contributed by atoms with Crippen molar-refractivity contribution in [3.8, 4) is 0 Å². The van der Waals surface area contributed by atoms with Crippen LogP contribution in [0.25, 0.3) is 0 Å². The van der Waals surface area contributed by atoms with Crippen molar-refractivity contribution in [3.05, 3.63) is 11.1 Å². The molecule has 84 valence electrons. The van der Waals surface area contributed by atoms with Crippen LogP contribution in [0.5, 0.6) is 0 Å². The fraction of sp³-hybridized carbons (Fsp3) is 0.727. The van der Waals surface area contributed by atoms with E-state index in [0.717, 1.165) is 30.8 Å². The maximum atomic E-state index is 11.8. The Labute approximate surface area is 95.1 Å². The molecule has 0 aliphatic carbocycles. The molecule has 0 saturated carbocycles. The van der Waals surface area contributed by atoms with E-state index in [0.29, 0.717) is 6.04 Å². The van der Waals surface area contributed by atoms with E-state index >= 15 is 0 Å². The maximum Gasteiger partial charge on any atom is 0.247 e. The van der Waals surface area contributed by atoms with Crippen molar-refractivity contribution >= 4 is 17.7 Å². The van der Waals surface area contributed by atoms with Gasteiger partial charge in [-0.25, -0.2) is 0 Å². The van der Waals surface area contributed by atoms with Crippen LogP contribution in [-0.4, -0.2) is 36.5 Å². The summed E-state index contributed by atoms with van der Waals surface area (Å²) >= 11 is 1.94. The van der Waals surface area contributed by atoms with Crippen molar-refractivity contribution < 1.29 is 4.79 Å². The number of thioether (sulfide) groups is 1. The summed E-state index contributed by atoms with van der Waals surface area (Å²) in [5, 5.41) is 6.28. The van der Waals surface area contributed by atoms with E-state index in [4.69, 9.17) is 0 Å². The van der Waals surface area contributed by atoms with Crippen LogP contribution in [0.15, 0.2) is 11.1 Å². The van der Waals surface area contributed by atoms with Crippen LogP contribution in [0, 0.1) is 0 Å². The highest BCUT2D eigenvalue weighted by Gasteiger charge is 2.20. The summed E-state index contributed by atoms with van der Waals surface area (Å²) in [6.45, 7) is 3.71. The molecule has 1 unspecified atom stereocenters. The Kier molecular flexibility index (Phi) is 3.70. The van der Waals surface area contributed by atoms with E-state index < -0.39 is 0 Å². The average molecular weight is 226 g/mol. The molecular formula is C11H18N2OS. The highest BCUT2D eigenvalue weighted by atomic mass is 32.2. The van der Waals surface area contributed by atoms with Crippen molar-refractivity contribution in [1.82, 2.24) is 10.6 Å². The number of hydrogen-bond acceptors (Lipinski definition) is 3. The lowest BCUT2D eigenvalue weighted by Gasteiger charge is -2.25. The summed E-state index contributed by atoms with van der Waals surface area (Å²) in [5.41, 5.74) is 2.18. The zero-order valence-electron chi connectivity index (χ0n) is 9.14. The average Bonchev–Trinajstić information content (AvgIpc) is 2.16. The van der Waals surface area contributed by atoms with Gasteiger partial charge in [-0.15, -0.1) is 0 Å². The van der Waals surface area contributed by atoms with Gasteiger partial charge in [0.15, 0.2) is 0 Å². The van der Waals surface area contributed by atoms with Crippen molar-refractivity contribution in [1.29, 1.82) is 0 Å². The molecule has 0 bridgehead atoms. The summed E-state index contributed by atoms with van der Waals surface area (Å²) in [6.07, 6.45) is 2.37. The van der Waals surface area contributed by atoms with Crippen LogP contribution in [-0.2, 0) is 4.79 Å². The molecule has 2 rings (SSSR count). The Morgan fingerprint density at radius 2 is 2.33 bits per heavy atom. The van der Waals surface area contributed by atoms with Crippen LogP contribution in [0.2, 0.25) is 0 Å². The molecule has 15 heavy (non-hydrogen) atoms. The molecule has 1 amide bonds. The zero-order chi connectivity index (χ0) is 10.7. The number of carbonyl (C=O) groups excluding carboxylic acids is 1. The third-order valence-corrected chi connectivity index (χ3v) is 4.26. The Morgan fingerprint density at radius 3 is 2.87 bits per heavy atom. The largest absolute Gasteiger partial charge is 0.349 e. The Bertz CT molecular complexity index is 276. The first-order valence-corrected chi connectivity index (χ1v) is 6.71. The van der Waals surface area contributed by atoms with Crippen molar-refractivity contribution in [2.24, 2.45) is 0 Å². The third kappa shape index (κ3) is 2.75. The molecule has 0 radical (unpaired) electrons. The van der Waals surface area contributed by atoms with Crippen LogP contribution in [0.3, 0.4) is 0 Å². The minimum absolute atomic E-state index is 0.138. The minimum atomic E-state index is 0.138. The lowest BCUT2D eigenvalue weighted by Crippen LogP contribution is -2.42. The summed E-state index contributed by atoms with van der Waals surface area (Å²) < 4.78 is 0. The standard InChI is InChI=1S/C11H18N2OS/c1-8(9-5-12-6-9)11(14)13-10-3-2-4-15-7-10/h10,12H,2-7H2,1H3,(H,13,14). The summed E-state index contributed by atoms with van der Waals surface area (Å²) in [5.74, 6) is 2.46. The number of rotatable bonds is 2. The van der Waals surface area contributed by atoms with Crippen molar-refractivity contribution in [2.45, 2.75) is 25.8 Å². The van der Waals surface area contributed by atoms with Gasteiger partial charge >= 0.3 is 0 Å². The Hall–Kier alpha value is -0.480. The van der Waals surface area contributed by atoms with Gasteiger partial charge in [0, 0.05) is 30.5 Å². The SMILES string of the molecule is CC(C(=O)NC1CCCSC1)=C1CNC1. The fourth-order valence-corrected chi connectivity index (χ4v) is 2.90. The lowest BCUT2D eigenvalue weighted by molar-refractivity contribution is -0.118. The molecule has 2 heterocycles. The molecule has 0 spiro atoms. The minimum Gasteiger partial charge on any atom is -0.349 e. The van der Waals surface area contributed by atoms with Gasteiger partial charge in [0.05, 0.1) is 0 Å². The topological polar surface area (TPSA) is 41.1 Å². The number of amides is 1.